The first kappa shape index (κ1) is 109. The van der Waals surface area contributed by atoms with Crippen LogP contribution in [0.4, 0.5) is 0 Å². The Balaban J connectivity index is 5.69. The second-order valence-corrected chi connectivity index (χ2v) is 1480. The molecular formula is I63-. The monoisotopic (exact) mass is 7990 g/mol. The summed E-state index contributed by atoms with van der Waals surface area (Å²) in [4.78, 5) is 0. The molecule has 0 aromatic carbocycles. The van der Waals surface area contributed by atoms with E-state index in [4.69, 9.17) is 0 Å². The molecule has 0 aliphatic heterocycles. The molecule has 63 heavy (non-hydrogen) atoms. The fourth-order valence-electron chi connectivity index (χ4n) is 0.879. The maximum absolute atomic E-state index is 3.43. The standard InChI is InChI=1S/I63/c1-33-35(4)37(6)39(8)41(10)43(12)45(14)47(16)49(18)51(20)53(22)55(24)57(26)59(28)61(30)63(32)62(31)60(29)58(27)56(25)54(23)52(21)50(19)48(17)46(15)44(13)42(11)40(9)38(7)36(5)34(2)3/q-1. The molecule has 0 N–H and O–H groups in total. The zero-order valence-corrected chi connectivity index (χ0v) is 160. The fourth-order valence-corrected chi connectivity index (χ4v) is 11900. The van der Waals surface area contributed by atoms with E-state index in [-0.39, 0.29) is 0 Å². The van der Waals surface area contributed by atoms with Gasteiger partial charge in [0.2, 0.25) is 0 Å². The van der Waals surface area contributed by atoms with Crippen molar-refractivity contribution in [2.45, 2.75) is 0 Å². The molecule has 0 amide bonds. The molecule has 0 aromatic heterocycles. The van der Waals surface area contributed by atoms with Crippen molar-refractivity contribution in [3.05, 3.63) is 0 Å². The van der Waals surface area contributed by atoms with Crippen LogP contribution >= 0.6 is 833 Å². The Bertz CT molecular complexity index is 1180. The first-order valence-electron chi connectivity index (χ1n) is 8.86. The second-order valence-electron chi connectivity index (χ2n) is 4.91. The molecule has 0 bridgehead atoms. The summed E-state index contributed by atoms with van der Waals surface area (Å²) in [7, 11) is -16.7. The molecule has 442 valence electrons. The third kappa shape index (κ3) is 45.1. The number of rotatable bonds is 30. The Kier molecular flexibility index (Phi) is 114. The zero-order valence-electron chi connectivity index (χ0n) is 23.8. The van der Waals surface area contributed by atoms with Gasteiger partial charge in [0.1, 0.15) is 0 Å². The van der Waals surface area contributed by atoms with Gasteiger partial charge in [-0.05, 0) is 0 Å². The van der Waals surface area contributed by atoms with E-state index < -0.39 is 237 Å². The number of halogens is 63. The summed E-state index contributed by atoms with van der Waals surface area (Å²) >= 11 is 107. The van der Waals surface area contributed by atoms with Crippen molar-refractivity contribution in [1.82, 2.24) is 0 Å². The maximum atomic E-state index is 3.43. The Hall–Kier alpha value is 46.0. The van der Waals surface area contributed by atoms with Gasteiger partial charge in [-0.1, -0.05) is 0 Å². The molecule has 0 aliphatic carbocycles. The molecule has 0 unspecified atom stereocenters. The molecule has 0 saturated heterocycles. The van der Waals surface area contributed by atoms with E-state index in [9.17, 15) is 0 Å². The van der Waals surface area contributed by atoms with E-state index >= 15 is 0 Å². The van der Waals surface area contributed by atoms with Crippen LogP contribution in [0.3, 0.4) is 0 Å². The first-order chi connectivity index (χ1) is 28.7. The average Bonchev–Trinajstić information content (AvgIpc) is 3.28. The van der Waals surface area contributed by atoms with E-state index in [1.165, 1.54) is 0 Å². The Labute approximate surface area is 795 Å². The molecule has 0 radical (unpaired) electrons. The van der Waals surface area contributed by atoms with Crippen molar-refractivity contribution < 1.29 is 13.3 Å². The van der Waals surface area contributed by atoms with E-state index in [2.05, 4.69) is 596 Å². The molecule has 0 spiro atoms. The summed E-state index contributed by atoms with van der Waals surface area (Å²) in [6, 6.07) is 0. The number of hydrogen-bond acceptors (Lipinski definition) is 0. The van der Waals surface area contributed by atoms with E-state index in [1.54, 1.807) is 0 Å². The van der Waals surface area contributed by atoms with Gasteiger partial charge in [0, 0.05) is 0 Å². The zero-order chi connectivity index (χ0) is 50.0. The minimum atomic E-state index is -0.608. The molecule has 0 saturated carbocycles. The van der Waals surface area contributed by atoms with Crippen molar-refractivity contribution >= 4 is 833 Å². The van der Waals surface area contributed by atoms with Gasteiger partial charge in [-0.15, -0.1) is 0 Å². The van der Waals surface area contributed by atoms with Gasteiger partial charge >= 0.3 is 846 Å². The van der Waals surface area contributed by atoms with Gasteiger partial charge in [-0.3, -0.25) is 0 Å². The molecular weight excluding hydrogens is 7990 g/mol. The van der Waals surface area contributed by atoms with Crippen molar-refractivity contribution in [1.29, 1.82) is 0 Å². The second kappa shape index (κ2) is 65.9. The van der Waals surface area contributed by atoms with Gasteiger partial charge in [0.15, 0.2) is 0 Å². The summed E-state index contributed by atoms with van der Waals surface area (Å²) in [6.07, 6.45) is 0. The minimum absolute atomic E-state index is 0.407. The van der Waals surface area contributed by atoms with Gasteiger partial charge < -0.3 is 0 Å². The van der Waals surface area contributed by atoms with Gasteiger partial charge in [0.25, 0.3) is 0 Å². The van der Waals surface area contributed by atoms with Crippen LogP contribution in [0.25, 0.3) is 0 Å². The SMILES string of the molecule is I[I-]I(I)I(I)I(I)I(I)I(I)I(I)I(I)I(I)I(I)I(I)I(I)I(I)I(I)I(I)I(I)I(I)I(I)I(I)I(I)I(I)I(I)I(I)I(I)I(I)I(I)I(I)I(I)I(I)I(I)I(I)I. The Morgan fingerprint density at radius 3 is 0.333 bits per heavy atom. The van der Waals surface area contributed by atoms with E-state index in [0.717, 1.165) is 0 Å². The fraction of sp³-hybridized carbons (Fsp3) is 0. The number of hydrogen-bond donors (Lipinski definition) is 0. The Morgan fingerprint density at radius 2 is 0.238 bits per heavy atom. The quantitative estimate of drug-likeness (QED) is 0.0629. The topological polar surface area (TPSA) is 0 Å². The van der Waals surface area contributed by atoms with Gasteiger partial charge in [-0.2, -0.15) is 0 Å². The van der Waals surface area contributed by atoms with Crippen molar-refractivity contribution in [3.63, 3.8) is 0 Å². The van der Waals surface area contributed by atoms with Crippen LogP contribution in [-0.2, 0) is 0 Å². The molecule has 0 aromatic rings. The van der Waals surface area contributed by atoms with Crippen molar-refractivity contribution in [2.75, 3.05) is 0 Å². The van der Waals surface area contributed by atoms with Gasteiger partial charge in [-0.25, -0.2) is 0 Å². The van der Waals surface area contributed by atoms with Crippen LogP contribution in [-0.4, -0.2) is 0 Å². The van der Waals surface area contributed by atoms with Gasteiger partial charge in [0.05, 0.1) is 0 Å². The third-order valence-corrected chi connectivity index (χ3v) is 4880. The molecule has 0 atom stereocenters. The van der Waals surface area contributed by atoms with E-state index in [1.807, 2.05) is 0 Å². The van der Waals surface area contributed by atoms with Crippen LogP contribution < -0.4 is 13.3 Å². The van der Waals surface area contributed by atoms with Crippen LogP contribution in [0, 0.1) is 0 Å². The molecule has 0 nitrogen and oxygen atoms in total. The Morgan fingerprint density at radius 1 is 0.143 bits per heavy atom. The van der Waals surface area contributed by atoms with Crippen LogP contribution in [0.15, 0.2) is 0 Å². The summed E-state index contributed by atoms with van der Waals surface area (Å²) in [5.41, 5.74) is 0. The third-order valence-electron chi connectivity index (χ3n) is 2.41. The normalized spacial score (nSPS) is 18.9. The summed E-state index contributed by atoms with van der Waals surface area (Å²) in [6.45, 7) is 0. The molecule has 0 heterocycles. The average molecular weight is 7990 g/mol. The molecule has 0 rings (SSSR count). The van der Waals surface area contributed by atoms with Crippen LogP contribution in [0.2, 0.25) is 0 Å². The van der Waals surface area contributed by atoms with Crippen LogP contribution in [0.5, 0.6) is 0 Å². The van der Waals surface area contributed by atoms with E-state index in [0.29, 0.717) is 13.3 Å². The summed E-state index contributed by atoms with van der Waals surface area (Å²) in [5.74, 6) is 0. The molecule has 63 heteroatoms. The van der Waals surface area contributed by atoms with Crippen molar-refractivity contribution in [3.8, 4) is 0 Å². The summed E-state index contributed by atoms with van der Waals surface area (Å²) in [5, 5.41) is 0. The predicted octanol–water partition coefficient (Wildman–Crippen LogP) is 51.9. The predicted molar refractivity (Wildman–Crippen MR) is 869 cm³/mol. The first-order valence-corrected chi connectivity index (χ1v) is 399. The van der Waals surface area contributed by atoms with Crippen molar-refractivity contribution in [2.24, 2.45) is 0 Å². The van der Waals surface area contributed by atoms with Crippen LogP contribution in [0.1, 0.15) is 0 Å². The molecule has 0 aliphatic rings. The summed E-state index contributed by atoms with van der Waals surface area (Å²) < 4.78 is 0. The molecule has 0 fully saturated rings.